The molecule has 0 saturated carbocycles. The molecule has 0 fully saturated rings. The van der Waals surface area contributed by atoms with Crippen LogP contribution in [0.1, 0.15) is 26.3 Å². The summed E-state index contributed by atoms with van der Waals surface area (Å²) in [4.78, 5) is 11.2. The average molecular weight is 374 g/mol. The topological polar surface area (TPSA) is 81.1 Å². The number of nitrogens with two attached hydrogens (primary N) is 1. The maximum Gasteiger partial charge on any atom is 0.259 e. The Labute approximate surface area is 159 Å². The van der Waals surface area contributed by atoms with Gasteiger partial charge in [-0.2, -0.15) is 4.98 Å². The molecule has 0 aliphatic heterocycles. The largest absolute Gasteiger partial charge is 0.354 e. The van der Waals surface area contributed by atoms with Crippen LogP contribution >= 0.6 is 12.4 Å². The summed E-state index contributed by atoms with van der Waals surface area (Å²) in [7, 11) is 0. The van der Waals surface area contributed by atoms with E-state index in [1.54, 1.807) is 6.20 Å². The summed E-state index contributed by atoms with van der Waals surface area (Å²) >= 11 is 0. The van der Waals surface area contributed by atoms with Crippen molar-refractivity contribution in [2.75, 3.05) is 11.4 Å². The van der Waals surface area contributed by atoms with Crippen LogP contribution in [0.15, 0.2) is 47.1 Å². The third kappa shape index (κ3) is 4.20. The standard InChI is InChI=1S/C19H23N5O.ClH/c1-4-24(13(2)3)17-10-9-16(12-21-17)19-22-18(23-25-19)15-7-5-14(11-20)6-8-15;/h5-10,12-13H,4,11,20H2,1-3H3;1H. The van der Waals surface area contributed by atoms with Crippen molar-refractivity contribution in [1.29, 1.82) is 0 Å². The number of rotatable bonds is 6. The smallest absolute Gasteiger partial charge is 0.259 e. The highest BCUT2D eigenvalue weighted by molar-refractivity contribution is 5.85. The van der Waals surface area contributed by atoms with Gasteiger partial charge >= 0.3 is 0 Å². The monoisotopic (exact) mass is 373 g/mol. The summed E-state index contributed by atoms with van der Waals surface area (Å²) in [5.74, 6) is 1.96. The van der Waals surface area contributed by atoms with Gasteiger partial charge in [0, 0.05) is 30.9 Å². The maximum atomic E-state index is 5.62. The van der Waals surface area contributed by atoms with Crippen LogP contribution in [0.3, 0.4) is 0 Å². The lowest BCUT2D eigenvalue weighted by atomic mass is 10.1. The fourth-order valence-electron chi connectivity index (χ4n) is 2.72. The van der Waals surface area contributed by atoms with Gasteiger partial charge in [0.15, 0.2) is 0 Å². The number of benzene rings is 1. The van der Waals surface area contributed by atoms with Gasteiger partial charge in [0.05, 0.1) is 5.56 Å². The van der Waals surface area contributed by atoms with Crippen LogP contribution in [0.4, 0.5) is 5.82 Å². The lowest BCUT2D eigenvalue weighted by Gasteiger charge is -2.26. The van der Waals surface area contributed by atoms with E-state index in [9.17, 15) is 0 Å². The van der Waals surface area contributed by atoms with Gasteiger partial charge in [-0.15, -0.1) is 12.4 Å². The molecule has 0 amide bonds. The van der Waals surface area contributed by atoms with Gasteiger partial charge in [-0.25, -0.2) is 4.98 Å². The fraction of sp³-hybridized carbons (Fsp3) is 0.316. The van der Waals surface area contributed by atoms with Crippen molar-refractivity contribution in [3.05, 3.63) is 48.2 Å². The van der Waals surface area contributed by atoms with Crippen LogP contribution in [0, 0.1) is 0 Å². The molecule has 3 aromatic rings. The molecule has 2 aromatic heterocycles. The molecule has 26 heavy (non-hydrogen) atoms. The normalized spacial score (nSPS) is 10.7. The van der Waals surface area contributed by atoms with Gasteiger partial charge in [-0.3, -0.25) is 0 Å². The number of halogens is 1. The number of anilines is 1. The molecule has 0 unspecified atom stereocenters. The van der Waals surface area contributed by atoms with Crippen LogP contribution in [-0.4, -0.2) is 27.7 Å². The highest BCUT2D eigenvalue weighted by atomic mass is 35.5. The van der Waals surface area contributed by atoms with Gasteiger partial charge in [0.2, 0.25) is 5.82 Å². The molecule has 0 aliphatic rings. The lowest BCUT2D eigenvalue weighted by Crippen LogP contribution is -2.30. The van der Waals surface area contributed by atoms with E-state index in [0.717, 1.165) is 29.1 Å². The summed E-state index contributed by atoms with van der Waals surface area (Å²) in [5.41, 5.74) is 8.39. The summed E-state index contributed by atoms with van der Waals surface area (Å²) in [6, 6.07) is 12.2. The van der Waals surface area contributed by atoms with E-state index in [-0.39, 0.29) is 12.4 Å². The number of hydrogen-bond acceptors (Lipinski definition) is 6. The number of pyridine rings is 1. The molecule has 1 aromatic carbocycles. The van der Waals surface area contributed by atoms with Crippen LogP contribution in [0.5, 0.6) is 0 Å². The first-order valence-electron chi connectivity index (χ1n) is 8.48. The minimum Gasteiger partial charge on any atom is -0.354 e. The van der Waals surface area contributed by atoms with Crippen LogP contribution < -0.4 is 10.6 Å². The molecule has 0 spiro atoms. The van der Waals surface area contributed by atoms with E-state index in [4.69, 9.17) is 10.3 Å². The van der Waals surface area contributed by atoms with Crippen molar-refractivity contribution >= 4 is 18.2 Å². The van der Waals surface area contributed by atoms with E-state index < -0.39 is 0 Å². The highest BCUT2D eigenvalue weighted by Gasteiger charge is 2.13. The molecule has 0 aliphatic carbocycles. The van der Waals surface area contributed by atoms with Crippen molar-refractivity contribution in [2.45, 2.75) is 33.4 Å². The molecule has 3 rings (SSSR count). The predicted molar refractivity (Wildman–Crippen MR) is 106 cm³/mol. The second-order valence-electron chi connectivity index (χ2n) is 6.11. The van der Waals surface area contributed by atoms with Crippen molar-refractivity contribution in [3.63, 3.8) is 0 Å². The first kappa shape index (κ1) is 19.9. The Morgan fingerprint density at radius 2 is 1.77 bits per heavy atom. The zero-order valence-corrected chi connectivity index (χ0v) is 16.0. The second kappa shape index (κ2) is 8.78. The van der Waals surface area contributed by atoms with Crippen LogP contribution in [0.25, 0.3) is 22.8 Å². The molecule has 0 saturated heterocycles. The Bertz CT molecular complexity index is 815. The minimum absolute atomic E-state index is 0. The number of hydrogen-bond donors (Lipinski definition) is 1. The highest BCUT2D eigenvalue weighted by Crippen LogP contribution is 2.24. The second-order valence-corrected chi connectivity index (χ2v) is 6.11. The third-order valence-electron chi connectivity index (χ3n) is 4.13. The first-order valence-corrected chi connectivity index (χ1v) is 8.48. The van der Waals surface area contributed by atoms with E-state index in [1.807, 2.05) is 36.4 Å². The van der Waals surface area contributed by atoms with E-state index >= 15 is 0 Å². The Hall–Kier alpha value is -2.44. The molecule has 138 valence electrons. The quantitative estimate of drug-likeness (QED) is 0.705. The van der Waals surface area contributed by atoms with E-state index in [0.29, 0.717) is 24.3 Å². The van der Waals surface area contributed by atoms with Gasteiger partial charge in [-0.05, 0) is 38.5 Å². The summed E-state index contributed by atoms with van der Waals surface area (Å²) in [6.45, 7) is 7.85. The van der Waals surface area contributed by atoms with Gasteiger partial charge in [0.25, 0.3) is 5.89 Å². The zero-order valence-electron chi connectivity index (χ0n) is 15.2. The van der Waals surface area contributed by atoms with Crippen molar-refractivity contribution in [3.8, 4) is 22.8 Å². The van der Waals surface area contributed by atoms with E-state index in [1.165, 1.54) is 0 Å². The molecule has 0 radical (unpaired) electrons. The zero-order chi connectivity index (χ0) is 17.8. The summed E-state index contributed by atoms with van der Waals surface area (Å²) in [5, 5.41) is 4.06. The molecule has 2 N–H and O–H groups in total. The molecule has 2 heterocycles. The van der Waals surface area contributed by atoms with E-state index in [2.05, 4.69) is 40.8 Å². The number of aromatic nitrogens is 3. The van der Waals surface area contributed by atoms with Gasteiger partial charge in [-0.1, -0.05) is 29.4 Å². The maximum absolute atomic E-state index is 5.62. The Kier molecular flexibility index (Phi) is 6.71. The van der Waals surface area contributed by atoms with Crippen molar-refractivity contribution < 1.29 is 4.52 Å². The Balaban J connectivity index is 0.00000243. The van der Waals surface area contributed by atoms with Crippen LogP contribution in [-0.2, 0) is 6.54 Å². The number of nitrogens with zero attached hydrogens (tertiary/aromatic N) is 4. The SMILES string of the molecule is CCN(c1ccc(-c2nc(-c3ccc(CN)cc3)no2)cn1)C(C)C.Cl. The third-order valence-corrected chi connectivity index (χ3v) is 4.13. The first-order chi connectivity index (χ1) is 12.1. The van der Waals surface area contributed by atoms with Gasteiger partial charge < -0.3 is 15.2 Å². The molecule has 6 nitrogen and oxygen atoms in total. The molecule has 0 atom stereocenters. The van der Waals surface area contributed by atoms with Crippen molar-refractivity contribution in [2.24, 2.45) is 5.73 Å². The summed E-state index contributed by atoms with van der Waals surface area (Å²) in [6.07, 6.45) is 1.77. The van der Waals surface area contributed by atoms with Crippen molar-refractivity contribution in [1.82, 2.24) is 15.1 Å². The minimum atomic E-state index is 0. The Morgan fingerprint density at radius 3 is 2.31 bits per heavy atom. The molecule has 0 bridgehead atoms. The Morgan fingerprint density at radius 1 is 1.08 bits per heavy atom. The summed E-state index contributed by atoms with van der Waals surface area (Å²) < 4.78 is 5.40. The lowest BCUT2D eigenvalue weighted by molar-refractivity contribution is 0.432. The predicted octanol–water partition coefficient (Wildman–Crippen LogP) is 3.91. The molecule has 7 heteroatoms. The fourth-order valence-corrected chi connectivity index (χ4v) is 2.72. The molecular formula is C19H24ClN5O. The van der Waals surface area contributed by atoms with Gasteiger partial charge in [0.1, 0.15) is 5.82 Å². The van der Waals surface area contributed by atoms with Crippen LogP contribution in [0.2, 0.25) is 0 Å². The average Bonchev–Trinajstić information content (AvgIpc) is 3.13. The molecular weight excluding hydrogens is 350 g/mol.